The Bertz CT molecular complexity index is 2020. The van der Waals surface area contributed by atoms with Gasteiger partial charge in [0.15, 0.2) is 21.9 Å². The van der Waals surface area contributed by atoms with Gasteiger partial charge in [-0.3, -0.25) is 0 Å². The quantitative estimate of drug-likeness (QED) is 0.0747. The fourth-order valence-electron chi connectivity index (χ4n) is 8.16. The lowest BCUT2D eigenvalue weighted by molar-refractivity contribution is 0.0243. The second-order valence-electron chi connectivity index (χ2n) is 15.3. The average Bonchev–Trinajstić information content (AvgIpc) is 3.73. The zero-order valence-corrected chi connectivity index (χ0v) is 40.6. The lowest BCUT2D eigenvalue weighted by atomic mass is 10.1. The van der Waals surface area contributed by atoms with Crippen LogP contribution in [0.5, 0.6) is 11.8 Å². The summed E-state index contributed by atoms with van der Waals surface area (Å²) in [6.45, 7) is 8.25. The summed E-state index contributed by atoms with van der Waals surface area (Å²) in [6, 6.07) is 13.4. The lowest BCUT2D eigenvalue weighted by Gasteiger charge is -2.43. The number of anilines is 5. The molecule has 8 rings (SSSR count). The number of nitrogens with zero attached hydrogens (tertiary/aromatic N) is 9. The molecule has 4 atom stereocenters. The summed E-state index contributed by atoms with van der Waals surface area (Å²) < 4.78 is 33.3. The van der Waals surface area contributed by atoms with Gasteiger partial charge in [0.25, 0.3) is 0 Å². The highest BCUT2D eigenvalue weighted by atomic mass is 79.9. The monoisotopic (exact) mass is 1040 g/mol. The van der Waals surface area contributed by atoms with Crippen LogP contribution in [0.15, 0.2) is 53.3 Å². The largest absolute Gasteiger partial charge is 0.475 e. The summed E-state index contributed by atoms with van der Waals surface area (Å²) >= 11 is 14.6. The molecule has 4 aromatic heterocycles. The van der Waals surface area contributed by atoms with E-state index in [2.05, 4.69) is 72.4 Å². The van der Waals surface area contributed by atoms with Crippen molar-refractivity contribution in [1.29, 1.82) is 0 Å². The van der Waals surface area contributed by atoms with Crippen molar-refractivity contribution in [2.24, 2.45) is 0 Å². The predicted octanol–water partition coefficient (Wildman–Crippen LogP) is 3.69. The number of nitrogens with two attached hydrogens (primary N) is 2. The molecule has 4 aromatic rings. The van der Waals surface area contributed by atoms with Crippen LogP contribution in [0.1, 0.15) is 25.7 Å². The van der Waals surface area contributed by atoms with Crippen LogP contribution < -0.4 is 41.0 Å². The number of fused-ring (bicyclic) bond motifs is 4. The van der Waals surface area contributed by atoms with E-state index in [-0.39, 0.29) is 25.6 Å². The van der Waals surface area contributed by atoms with Gasteiger partial charge in [0, 0.05) is 92.3 Å². The normalized spacial score (nSPS) is 19.3. The van der Waals surface area contributed by atoms with E-state index in [0.717, 1.165) is 50.4 Å². The van der Waals surface area contributed by atoms with Gasteiger partial charge in [-0.1, -0.05) is 23.2 Å². The van der Waals surface area contributed by atoms with Crippen molar-refractivity contribution in [3.8, 4) is 11.8 Å². The first-order chi connectivity index (χ1) is 31.7. The maximum absolute atomic E-state index is 8.66. The molecular formula is C42H60BrCl3N12O8. The van der Waals surface area contributed by atoms with Crippen LogP contribution in [0.3, 0.4) is 0 Å². The number of halogens is 4. The maximum Gasteiger partial charge on any atom is 0.215 e. The van der Waals surface area contributed by atoms with Crippen molar-refractivity contribution in [2.75, 3.05) is 132 Å². The van der Waals surface area contributed by atoms with Crippen LogP contribution in [-0.2, 0) is 18.9 Å². The molecule has 20 nitrogen and oxygen atoms in total. The highest BCUT2D eigenvalue weighted by Gasteiger charge is 2.41. The van der Waals surface area contributed by atoms with E-state index in [4.69, 9.17) is 73.3 Å². The van der Waals surface area contributed by atoms with E-state index >= 15 is 0 Å². The number of pyridine rings is 2. The number of nitrogens with one attached hydrogen (secondary N) is 1. The third-order valence-corrected chi connectivity index (χ3v) is 11.9. The Morgan fingerprint density at radius 3 is 1.53 bits per heavy atom. The van der Waals surface area contributed by atoms with Gasteiger partial charge in [0.1, 0.15) is 13.2 Å². The number of rotatable bonds is 21. The number of nitrogen functional groups attached to an aromatic ring is 2. The van der Waals surface area contributed by atoms with Crippen LogP contribution in [0.4, 0.5) is 28.7 Å². The summed E-state index contributed by atoms with van der Waals surface area (Å²) in [5.74, 6) is 1.98. The van der Waals surface area contributed by atoms with E-state index in [1.165, 1.54) is 18.5 Å². The van der Waals surface area contributed by atoms with Gasteiger partial charge in [0.2, 0.25) is 11.8 Å². The Balaban J connectivity index is 0.000000211. The third-order valence-electron chi connectivity index (χ3n) is 10.9. The fourth-order valence-corrected chi connectivity index (χ4v) is 8.88. The summed E-state index contributed by atoms with van der Waals surface area (Å²) in [7, 11) is 0. The first-order valence-electron chi connectivity index (χ1n) is 21.7. The minimum atomic E-state index is 0. The molecule has 4 unspecified atom stereocenters. The first kappa shape index (κ1) is 53.1. The summed E-state index contributed by atoms with van der Waals surface area (Å²) in [6.07, 6.45) is 8.32. The Hall–Kier alpha value is -3.87. The molecule has 0 spiro atoms. The Labute approximate surface area is 409 Å². The molecule has 8 heterocycles. The summed E-state index contributed by atoms with van der Waals surface area (Å²) in [4.78, 5) is 15.9. The highest BCUT2D eigenvalue weighted by molar-refractivity contribution is 9.10. The van der Waals surface area contributed by atoms with Crippen molar-refractivity contribution in [3.05, 3.63) is 63.6 Å². The number of ether oxygens (including phenoxy) is 6. The molecule has 4 bridgehead atoms. The van der Waals surface area contributed by atoms with Gasteiger partial charge in [-0.2, -0.15) is 0 Å². The summed E-state index contributed by atoms with van der Waals surface area (Å²) in [5, 5.41) is 36.2. The van der Waals surface area contributed by atoms with Gasteiger partial charge in [-0.05, 0) is 59.8 Å². The number of aromatic nitrogens is 6. The Kier molecular flexibility index (Phi) is 22.9. The van der Waals surface area contributed by atoms with Crippen molar-refractivity contribution < 1.29 is 38.6 Å². The molecule has 24 heteroatoms. The fraction of sp³-hybridized carbons (Fsp3) is 0.571. The smallest absolute Gasteiger partial charge is 0.215 e. The number of hydrogen-bond acceptors (Lipinski definition) is 20. The van der Waals surface area contributed by atoms with Crippen molar-refractivity contribution >= 4 is 80.2 Å². The SMILES string of the molecule is Cl.Nc1nnc(Cl)cc1Br.Nc1nnc(Cl)cc1N1CC2CCC(C1)N2c1ccnc(OCCOCCOCCO)c1.OCCOCCOCCOc1cc(N2C3CCC2CNC3)ccn1. The maximum atomic E-state index is 8.66. The van der Waals surface area contributed by atoms with Gasteiger partial charge < -0.3 is 70.1 Å². The Morgan fingerprint density at radius 2 is 1.05 bits per heavy atom. The van der Waals surface area contributed by atoms with E-state index in [9.17, 15) is 0 Å². The van der Waals surface area contributed by atoms with Crippen molar-refractivity contribution in [2.45, 2.75) is 49.9 Å². The number of piperazine rings is 2. The second kappa shape index (κ2) is 28.5. The van der Waals surface area contributed by atoms with Gasteiger partial charge in [-0.25, -0.2) is 9.97 Å². The molecule has 364 valence electrons. The molecule has 4 aliphatic rings. The zero-order valence-electron chi connectivity index (χ0n) is 36.6. The molecule has 0 aliphatic carbocycles. The van der Waals surface area contributed by atoms with E-state index in [1.807, 2.05) is 24.4 Å². The van der Waals surface area contributed by atoms with Crippen LogP contribution in [0, 0.1) is 0 Å². The van der Waals surface area contributed by atoms with Crippen LogP contribution in [0.2, 0.25) is 10.3 Å². The average molecular weight is 1050 g/mol. The van der Waals surface area contributed by atoms with Crippen LogP contribution in [-0.4, -0.2) is 170 Å². The van der Waals surface area contributed by atoms with Crippen LogP contribution >= 0.6 is 51.5 Å². The highest BCUT2D eigenvalue weighted by Crippen LogP contribution is 2.38. The minimum absolute atomic E-state index is 0. The molecule has 0 radical (unpaired) electrons. The number of hydrogen-bond donors (Lipinski definition) is 5. The lowest BCUT2D eigenvalue weighted by Crippen LogP contribution is -2.54. The number of aliphatic hydroxyl groups is 2. The first-order valence-corrected chi connectivity index (χ1v) is 23.2. The van der Waals surface area contributed by atoms with Crippen molar-refractivity contribution in [1.82, 2.24) is 35.7 Å². The van der Waals surface area contributed by atoms with Crippen molar-refractivity contribution in [3.63, 3.8) is 0 Å². The molecule has 0 amide bonds. The van der Waals surface area contributed by atoms with Gasteiger partial charge in [-0.15, -0.1) is 32.8 Å². The second-order valence-corrected chi connectivity index (χ2v) is 16.9. The third kappa shape index (κ3) is 16.1. The Morgan fingerprint density at radius 1 is 0.606 bits per heavy atom. The number of aliphatic hydroxyl groups excluding tert-OH is 2. The zero-order chi connectivity index (χ0) is 45.8. The molecule has 0 saturated carbocycles. The molecule has 66 heavy (non-hydrogen) atoms. The van der Waals surface area contributed by atoms with E-state index in [1.54, 1.807) is 18.3 Å². The van der Waals surface area contributed by atoms with Crippen LogP contribution in [0.25, 0.3) is 0 Å². The molecule has 4 aliphatic heterocycles. The molecule has 0 aromatic carbocycles. The molecule has 7 N–H and O–H groups in total. The van der Waals surface area contributed by atoms with E-state index < -0.39 is 0 Å². The van der Waals surface area contributed by atoms with E-state index in [0.29, 0.717) is 128 Å². The van der Waals surface area contributed by atoms with Gasteiger partial charge >= 0.3 is 0 Å². The molecular weight excluding hydrogens is 987 g/mol. The molecule has 4 saturated heterocycles. The standard InChI is InChI=1S/C21H29ClN6O4.C17H27N3O4.C4H3BrClN3.ClH/c22-19-12-18(21(23)26-25-19)27-13-16-1-2-17(14-27)28(16)15-3-4-24-20(11-15)32-10-9-31-8-7-30-6-5-29;21-5-6-22-7-8-23-9-10-24-17-11-14(3-4-19-17)20-15-1-2-16(20)13-18-12-15;5-2-1-3(6)8-9-4(2)7;/h3-4,11-12,16-17,29H,1-2,5-10,13-14H2,(H2,23,26);3-4,11,15-16,18,21H,1-2,5-10,12-13H2;1H,(H2,7,9);1H. The van der Waals surface area contributed by atoms with Gasteiger partial charge in [0.05, 0.1) is 76.2 Å². The topological polar surface area (TPSA) is 247 Å². The minimum Gasteiger partial charge on any atom is -0.475 e. The molecule has 4 fully saturated rings. The predicted molar refractivity (Wildman–Crippen MR) is 258 cm³/mol. The summed E-state index contributed by atoms with van der Waals surface area (Å²) in [5.41, 5.74) is 14.5.